The largest absolute Gasteiger partial charge is 0.468 e. The van der Waals surface area contributed by atoms with Crippen molar-refractivity contribution < 1.29 is 12.8 Å². The molecule has 1 aromatic carbocycles. The molecule has 1 atom stereocenters. The van der Waals surface area contributed by atoms with Crippen molar-refractivity contribution in [1.29, 1.82) is 0 Å². The summed E-state index contributed by atoms with van der Waals surface area (Å²) < 4.78 is 34.0. The molecular formula is C16H19BrN2O3S. The fourth-order valence-electron chi connectivity index (χ4n) is 2.83. The van der Waals surface area contributed by atoms with Crippen molar-refractivity contribution in [2.24, 2.45) is 0 Å². The van der Waals surface area contributed by atoms with E-state index in [0.717, 1.165) is 36.2 Å². The van der Waals surface area contributed by atoms with Gasteiger partial charge in [-0.3, -0.25) is 4.90 Å². The SMILES string of the molecule is O=S(=O)(NCC(c1ccco1)N1CCCC1)c1ccc(Br)cc1. The minimum Gasteiger partial charge on any atom is -0.468 e. The molecule has 2 aromatic rings. The molecule has 1 aliphatic heterocycles. The van der Waals surface area contributed by atoms with Gasteiger partial charge in [-0.15, -0.1) is 0 Å². The third-order valence-electron chi connectivity index (χ3n) is 4.04. The van der Waals surface area contributed by atoms with Crippen LogP contribution in [0.5, 0.6) is 0 Å². The van der Waals surface area contributed by atoms with Crippen molar-refractivity contribution in [3.05, 3.63) is 52.9 Å². The number of furan rings is 1. The van der Waals surface area contributed by atoms with Gasteiger partial charge in [0.2, 0.25) is 10.0 Å². The van der Waals surface area contributed by atoms with Gasteiger partial charge in [-0.2, -0.15) is 0 Å². The highest BCUT2D eigenvalue weighted by Crippen LogP contribution is 2.25. The highest BCUT2D eigenvalue weighted by Gasteiger charge is 2.27. The van der Waals surface area contributed by atoms with Crippen LogP contribution < -0.4 is 4.72 Å². The molecule has 1 unspecified atom stereocenters. The smallest absolute Gasteiger partial charge is 0.240 e. The molecule has 5 nitrogen and oxygen atoms in total. The molecule has 0 radical (unpaired) electrons. The van der Waals surface area contributed by atoms with E-state index in [2.05, 4.69) is 25.6 Å². The van der Waals surface area contributed by atoms with Crippen molar-refractivity contribution >= 4 is 26.0 Å². The summed E-state index contributed by atoms with van der Waals surface area (Å²) in [6, 6.07) is 10.3. The van der Waals surface area contributed by atoms with Gasteiger partial charge in [0.25, 0.3) is 0 Å². The Balaban J connectivity index is 1.74. The predicted molar refractivity (Wildman–Crippen MR) is 91.6 cm³/mol. The van der Waals surface area contributed by atoms with E-state index >= 15 is 0 Å². The minimum atomic E-state index is -3.53. The fraction of sp³-hybridized carbons (Fsp3) is 0.375. The summed E-state index contributed by atoms with van der Waals surface area (Å²) in [5.41, 5.74) is 0. The molecule has 0 amide bonds. The van der Waals surface area contributed by atoms with Crippen LogP contribution in [0, 0.1) is 0 Å². The maximum Gasteiger partial charge on any atom is 0.240 e. The van der Waals surface area contributed by atoms with E-state index in [1.165, 1.54) is 0 Å². The van der Waals surface area contributed by atoms with Crippen LogP contribution in [0.15, 0.2) is 56.4 Å². The molecular weight excluding hydrogens is 380 g/mol. The van der Waals surface area contributed by atoms with Gasteiger partial charge in [-0.25, -0.2) is 13.1 Å². The van der Waals surface area contributed by atoms with E-state index in [-0.39, 0.29) is 10.9 Å². The summed E-state index contributed by atoms with van der Waals surface area (Å²) in [6.45, 7) is 2.22. The Morgan fingerprint density at radius 3 is 2.48 bits per heavy atom. The van der Waals surface area contributed by atoms with Crippen LogP contribution in [-0.4, -0.2) is 33.0 Å². The Hall–Kier alpha value is -1.15. The summed E-state index contributed by atoms with van der Waals surface area (Å²) in [5.74, 6) is 0.797. The topological polar surface area (TPSA) is 62.6 Å². The van der Waals surface area contributed by atoms with Crippen LogP contribution in [-0.2, 0) is 10.0 Å². The number of benzene rings is 1. The van der Waals surface area contributed by atoms with Gasteiger partial charge in [0, 0.05) is 11.0 Å². The standard InChI is InChI=1S/C16H19BrN2O3S/c17-13-5-7-14(8-6-13)23(20,21)18-12-15(16-4-3-11-22-16)19-9-1-2-10-19/h3-8,11,15,18H,1-2,9-10,12H2. The number of sulfonamides is 1. The van der Waals surface area contributed by atoms with Gasteiger partial charge >= 0.3 is 0 Å². The number of likely N-dealkylation sites (tertiary alicyclic amines) is 1. The third kappa shape index (κ3) is 4.03. The van der Waals surface area contributed by atoms with Gasteiger partial charge < -0.3 is 4.42 Å². The maximum absolute atomic E-state index is 12.5. The first-order valence-electron chi connectivity index (χ1n) is 7.59. The summed E-state index contributed by atoms with van der Waals surface area (Å²) in [5, 5.41) is 0. The molecule has 23 heavy (non-hydrogen) atoms. The molecule has 2 heterocycles. The number of hydrogen-bond donors (Lipinski definition) is 1. The molecule has 0 aliphatic carbocycles. The van der Waals surface area contributed by atoms with Crippen LogP contribution in [0.3, 0.4) is 0 Å². The molecule has 0 saturated carbocycles. The van der Waals surface area contributed by atoms with Crippen molar-refractivity contribution in [2.75, 3.05) is 19.6 Å². The lowest BCUT2D eigenvalue weighted by Crippen LogP contribution is -2.36. The molecule has 124 valence electrons. The molecule has 0 bridgehead atoms. The van der Waals surface area contributed by atoms with Crippen LogP contribution in [0.25, 0.3) is 0 Å². The molecule has 7 heteroatoms. The van der Waals surface area contributed by atoms with Crippen molar-refractivity contribution in [2.45, 2.75) is 23.8 Å². The maximum atomic E-state index is 12.5. The van der Waals surface area contributed by atoms with E-state index in [4.69, 9.17) is 4.42 Å². The quantitative estimate of drug-likeness (QED) is 0.811. The fourth-order valence-corrected chi connectivity index (χ4v) is 4.13. The second-order valence-corrected chi connectivity index (χ2v) is 8.26. The zero-order valence-corrected chi connectivity index (χ0v) is 15.0. The molecule has 1 saturated heterocycles. The Kier molecular flexibility index (Phi) is 5.21. The number of halogens is 1. The zero-order chi connectivity index (χ0) is 16.3. The summed E-state index contributed by atoms with van der Waals surface area (Å²) in [4.78, 5) is 2.53. The highest BCUT2D eigenvalue weighted by molar-refractivity contribution is 9.10. The van der Waals surface area contributed by atoms with Crippen molar-refractivity contribution in [3.8, 4) is 0 Å². The number of nitrogens with zero attached hydrogens (tertiary/aromatic N) is 1. The third-order valence-corrected chi connectivity index (χ3v) is 6.01. The molecule has 0 spiro atoms. The van der Waals surface area contributed by atoms with Gasteiger partial charge in [-0.05, 0) is 62.3 Å². The summed E-state index contributed by atoms with van der Waals surface area (Å²) in [7, 11) is -3.53. The Labute approximate surface area is 144 Å². The first kappa shape index (κ1) is 16.7. The number of nitrogens with one attached hydrogen (secondary N) is 1. The van der Waals surface area contributed by atoms with Gasteiger partial charge in [0.1, 0.15) is 5.76 Å². The average molecular weight is 399 g/mol. The number of hydrogen-bond acceptors (Lipinski definition) is 4. The van der Waals surface area contributed by atoms with E-state index in [1.54, 1.807) is 30.5 Å². The minimum absolute atomic E-state index is 0.0716. The second-order valence-electron chi connectivity index (χ2n) is 5.58. The Bertz CT molecular complexity index is 723. The van der Waals surface area contributed by atoms with E-state index in [9.17, 15) is 8.42 Å². The van der Waals surface area contributed by atoms with E-state index in [0.29, 0.717) is 6.54 Å². The lowest BCUT2D eigenvalue weighted by atomic mass is 10.2. The average Bonchev–Trinajstić information content (AvgIpc) is 3.21. The lowest BCUT2D eigenvalue weighted by molar-refractivity contribution is 0.216. The Morgan fingerprint density at radius 1 is 1.17 bits per heavy atom. The zero-order valence-electron chi connectivity index (χ0n) is 12.6. The van der Waals surface area contributed by atoms with Gasteiger partial charge in [0.05, 0.1) is 17.2 Å². The summed E-state index contributed by atoms with van der Waals surface area (Å²) >= 11 is 3.31. The highest BCUT2D eigenvalue weighted by atomic mass is 79.9. The lowest BCUT2D eigenvalue weighted by Gasteiger charge is -2.25. The first-order valence-corrected chi connectivity index (χ1v) is 9.86. The molecule has 3 rings (SSSR count). The first-order chi connectivity index (χ1) is 11.1. The van der Waals surface area contributed by atoms with Crippen LogP contribution >= 0.6 is 15.9 Å². The van der Waals surface area contributed by atoms with E-state index in [1.807, 2.05) is 12.1 Å². The normalized spacial score (nSPS) is 17.4. The van der Waals surface area contributed by atoms with Crippen molar-refractivity contribution in [1.82, 2.24) is 9.62 Å². The molecule has 1 fully saturated rings. The van der Waals surface area contributed by atoms with E-state index < -0.39 is 10.0 Å². The van der Waals surface area contributed by atoms with Gasteiger partial charge in [-0.1, -0.05) is 15.9 Å². The van der Waals surface area contributed by atoms with Crippen LogP contribution in [0.1, 0.15) is 24.6 Å². The molecule has 1 N–H and O–H groups in total. The Morgan fingerprint density at radius 2 is 1.87 bits per heavy atom. The monoisotopic (exact) mass is 398 g/mol. The summed E-state index contributed by atoms with van der Waals surface area (Å²) in [6.07, 6.45) is 3.90. The predicted octanol–water partition coefficient (Wildman–Crippen LogP) is 3.16. The second kappa shape index (κ2) is 7.17. The van der Waals surface area contributed by atoms with Crippen LogP contribution in [0.2, 0.25) is 0 Å². The molecule has 1 aliphatic rings. The van der Waals surface area contributed by atoms with Crippen LogP contribution in [0.4, 0.5) is 0 Å². The van der Waals surface area contributed by atoms with Crippen molar-refractivity contribution in [3.63, 3.8) is 0 Å². The molecule has 1 aromatic heterocycles. The number of rotatable bonds is 6. The van der Waals surface area contributed by atoms with Gasteiger partial charge in [0.15, 0.2) is 0 Å².